The number of carbonyl (C=O) groups excluding carboxylic acids is 3. The third kappa shape index (κ3) is 5.63. The number of esters is 1. The number of amides is 2. The van der Waals surface area contributed by atoms with E-state index < -0.39 is 11.9 Å². The van der Waals surface area contributed by atoms with Crippen LogP contribution < -0.4 is 16.4 Å². The highest BCUT2D eigenvalue weighted by Crippen LogP contribution is 2.27. The largest absolute Gasteiger partial charge is 0.462 e. The number of thiazole rings is 1. The van der Waals surface area contributed by atoms with Gasteiger partial charge in [-0.3, -0.25) is 14.9 Å². The van der Waals surface area contributed by atoms with Crippen LogP contribution in [-0.2, 0) is 4.74 Å². The molecule has 1 fully saturated rings. The topological polar surface area (TPSA) is 136 Å². The Balaban J connectivity index is 1.60. The molecule has 4 N–H and O–H groups in total. The molecular weight excluding hydrogens is 406 g/mol. The van der Waals surface area contributed by atoms with E-state index in [2.05, 4.69) is 20.6 Å². The van der Waals surface area contributed by atoms with E-state index in [4.69, 9.17) is 10.5 Å². The molecule has 30 heavy (non-hydrogen) atoms. The molecule has 0 unspecified atom stereocenters. The summed E-state index contributed by atoms with van der Waals surface area (Å²) in [6.07, 6.45) is 2.32. The van der Waals surface area contributed by atoms with Gasteiger partial charge in [0.25, 0.3) is 11.8 Å². The van der Waals surface area contributed by atoms with Crippen molar-refractivity contribution in [2.75, 3.05) is 13.2 Å². The van der Waals surface area contributed by atoms with Crippen LogP contribution in [0.1, 0.15) is 55.8 Å². The molecule has 1 aromatic carbocycles. The van der Waals surface area contributed by atoms with Crippen molar-refractivity contribution in [3.05, 3.63) is 46.0 Å². The van der Waals surface area contributed by atoms with E-state index in [1.165, 1.54) is 0 Å². The minimum Gasteiger partial charge on any atom is -0.462 e. The van der Waals surface area contributed by atoms with Gasteiger partial charge in [0.2, 0.25) is 11.1 Å². The molecule has 1 heterocycles. The highest BCUT2D eigenvalue weighted by atomic mass is 32.1. The number of nitrogens with one attached hydrogen (secondary N) is 2. The fourth-order valence-electron chi connectivity index (χ4n) is 2.57. The van der Waals surface area contributed by atoms with Crippen LogP contribution in [0.25, 0.3) is 0 Å². The minimum atomic E-state index is -0.474. The number of benzene rings is 1. The van der Waals surface area contributed by atoms with Gasteiger partial charge >= 0.3 is 5.97 Å². The van der Waals surface area contributed by atoms with Gasteiger partial charge in [0.15, 0.2) is 0 Å². The number of aryl methyl sites for hydroxylation is 1. The molecular formula is C20H23N5O4S. The summed E-state index contributed by atoms with van der Waals surface area (Å²) < 4.78 is 4.96. The molecule has 0 bridgehead atoms. The number of nitrogens with zero attached hydrogens (tertiary/aromatic N) is 2. The zero-order valence-electron chi connectivity index (χ0n) is 16.7. The summed E-state index contributed by atoms with van der Waals surface area (Å²) in [6, 6.07) is 6.25. The van der Waals surface area contributed by atoms with Gasteiger partial charge in [-0.05, 0) is 56.9 Å². The first-order chi connectivity index (χ1) is 14.4. The SMILES string of the molecule is CCOC(=O)c1sc(/N=C(\N)NC(=O)c2ccc(C(=O)NCC3CC3)cc2)nc1C. The van der Waals surface area contributed by atoms with Crippen molar-refractivity contribution in [3.8, 4) is 0 Å². The van der Waals surface area contributed by atoms with E-state index in [9.17, 15) is 14.4 Å². The summed E-state index contributed by atoms with van der Waals surface area (Å²) in [7, 11) is 0. The number of rotatable bonds is 7. The Hall–Kier alpha value is -3.27. The zero-order chi connectivity index (χ0) is 21.7. The summed E-state index contributed by atoms with van der Waals surface area (Å²) in [5, 5.41) is 5.57. The monoisotopic (exact) mass is 429 g/mol. The Morgan fingerprint density at radius 3 is 2.43 bits per heavy atom. The third-order valence-electron chi connectivity index (χ3n) is 4.36. The number of guanidine groups is 1. The third-order valence-corrected chi connectivity index (χ3v) is 5.39. The fourth-order valence-corrected chi connectivity index (χ4v) is 3.41. The lowest BCUT2D eigenvalue weighted by Gasteiger charge is -2.06. The Labute approximate surface area is 177 Å². The maximum absolute atomic E-state index is 12.4. The lowest BCUT2D eigenvalue weighted by Crippen LogP contribution is -2.36. The van der Waals surface area contributed by atoms with E-state index in [1.54, 1.807) is 38.1 Å². The molecule has 1 aliphatic rings. The second-order valence-electron chi connectivity index (χ2n) is 6.81. The van der Waals surface area contributed by atoms with E-state index in [1.807, 2.05) is 0 Å². The second kappa shape index (κ2) is 9.49. The number of hydrogen-bond acceptors (Lipinski definition) is 7. The number of nitrogens with two attached hydrogens (primary N) is 1. The first-order valence-electron chi connectivity index (χ1n) is 9.55. The van der Waals surface area contributed by atoms with Gasteiger partial charge in [0, 0.05) is 17.7 Å². The van der Waals surface area contributed by atoms with Gasteiger partial charge in [-0.15, -0.1) is 0 Å². The molecule has 10 heteroatoms. The Morgan fingerprint density at radius 2 is 1.83 bits per heavy atom. The average Bonchev–Trinajstić information content (AvgIpc) is 3.47. The van der Waals surface area contributed by atoms with Gasteiger partial charge < -0.3 is 15.8 Å². The summed E-state index contributed by atoms with van der Waals surface area (Å²) in [6.45, 7) is 4.32. The first-order valence-corrected chi connectivity index (χ1v) is 10.4. The molecule has 9 nitrogen and oxygen atoms in total. The summed E-state index contributed by atoms with van der Waals surface area (Å²) >= 11 is 1.03. The van der Waals surface area contributed by atoms with Gasteiger partial charge in [0.1, 0.15) is 4.88 Å². The Kier molecular flexibility index (Phi) is 6.78. The number of aromatic nitrogens is 1. The lowest BCUT2D eigenvalue weighted by molar-refractivity contribution is 0.0530. The van der Waals surface area contributed by atoms with Crippen molar-refractivity contribution < 1.29 is 19.1 Å². The highest BCUT2D eigenvalue weighted by molar-refractivity contribution is 7.17. The molecule has 1 saturated carbocycles. The van der Waals surface area contributed by atoms with Crippen LogP contribution in [-0.4, -0.2) is 41.9 Å². The van der Waals surface area contributed by atoms with E-state index in [-0.39, 0.29) is 23.6 Å². The molecule has 0 aliphatic heterocycles. The number of ether oxygens (including phenoxy) is 1. The smallest absolute Gasteiger partial charge is 0.350 e. The molecule has 0 radical (unpaired) electrons. The Bertz CT molecular complexity index is 980. The maximum atomic E-state index is 12.4. The van der Waals surface area contributed by atoms with Crippen LogP contribution in [0.5, 0.6) is 0 Å². The lowest BCUT2D eigenvalue weighted by atomic mass is 10.1. The first kappa shape index (κ1) is 21.4. The Morgan fingerprint density at radius 1 is 1.20 bits per heavy atom. The summed E-state index contributed by atoms with van der Waals surface area (Å²) in [5.41, 5.74) is 7.09. The highest BCUT2D eigenvalue weighted by Gasteiger charge is 2.22. The van der Waals surface area contributed by atoms with Crippen molar-refractivity contribution in [1.82, 2.24) is 15.6 Å². The molecule has 1 aliphatic carbocycles. The van der Waals surface area contributed by atoms with Crippen LogP contribution in [0.2, 0.25) is 0 Å². The molecule has 0 spiro atoms. The molecule has 3 rings (SSSR count). The van der Waals surface area contributed by atoms with Crippen LogP contribution in [0.3, 0.4) is 0 Å². The number of aliphatic imine (C=N–C) groups is 1. The summed E-state index contributed by atoms with van der Waals surface area (Å²) in [4.78, 5) is 44.8. The van der Waals surface area contributed by atoms with E-state index >= 15 is 0 Å². The molecule has 158 valence electrons. The zero-order valence-corrected chi connectivity index (χ0v) is 17.5. The summed E-state index contributed by atoms with van der Waals surface area (Å²) in [5.74, 6) is -0.670. The fraction of sp³-hybridized carbons (Fsp3) is 0.350. The van der Waals surface area contributed by atoms with Crippen molar-refractivity contribution in [2.45, 2.75) is 26.7 Å². The van der Waals surface area contributed by atoms with E-state index in [0.29, 0.717) is 34.2 Å². The van der Waals surface area contributed by atoms with Crippen molar-refractivity contribution >= 4 is 40.2 Å². The van der Waals surface area contributed by atoms with Crippen molar-refractivity contribution in [1.29, 1.82) is 0 Å². The quantitative estimate of drug-likeness (QED) is 0.350. The number of carbonyl (C=O) groups is 3. The van der Waals surface area contributed by atoms with Gasteiger partial charge in [-0.25, -0.2) is 9.78 Å². The molecule has 2 amide bonds. The average molecular weight is 430 g/mol. The normalized spacial score (nSPS) is 13.6. The predicted molar refractivity (Wildman–Crippen MR) is 113 cm³/mol. The molecule has 1 aromatic heterocycles. The van der Waals surface area contributed by atoms with Crippen molar-refractivity contribution in [2.24, 2.45) is 16.6 Å². The van der Waals surface area contributed by atoms with E-state index in [0.717, 1.165) is 24.2 Å². The van der Waals surface area contributed by atoms with Crippen LogP contribution in [0, 0.1) is 12.8 Å². The van der Waals surface area contributed by atoms with Crippen LogP contribution >= 0.6 is 11.3 Å². The van der Waals surface area contributed by atoms with Gasteiger partial charge in [0.05, 0.1) is 12.3 Å². The molecule has 2 aromatic rings. The minimum absolute atomic E-state index is 0.157. The second-order valence-corrected chi connectivity index (χ2v) is 7.79. The van der Waals surface area contributed by atoms with Gasteiger partial charge in [-0.1, -0.05) is 11.3 Å². The van der Waals surface area contributed by atoms with Gasteiger partial charge in [-0.2, -0.15) is 4.99 Å². The standard InChI is InChI=1S/C20H23N5O4S/c1-3-29-18(28)15-11(2)23-20(30-15)25-19(21)24-17(27)14-8-6-13(7-9-14)16(26)22-10-12-4-5-12/h6-9,12H,3-5,10H2,1-2H3,(H,22,26)(H3,21,23,24,25,27). The predicted octanol–water partition coefficient (Wildman–Crippen LogP) is 2.14. The molecule has 0 saturated heterocycles. The molecule has 0 atom stereocenters. The number of hydrogen-bond donors (Lipinski definition) is 3. The van der Waals surface area contributed by atoms with Crippen LogP contribution in [0.4, 0.5) is 5.13 Å². The van der Waals surface area contributed by atoms with Crippen LogP contribution in [0.15, 0.2) is 29.3 Å². The van der Waals surface area contributed by atoms with Crippen molar-refractivity contribution in [3.63, 3.8) is 0 Å². The maximum Gasteiger partial charge on any atom is 0.350 e.